The summed E-state index contributed by atoms with van der Waals surface area (Å²) in [5, 5.41) is 0. The lowest BCUT2D eigenvalue weighted by Crippen LogP contribution is -2.46. The molecule has 0 saturated heterocycles. The van der Waals surface area contributed by atoms with Gasteiger partial charge in [-0.1, -0.05) is 26.3 Å². The van der Waals surface area contributed by atoms with E-state index in [4.69, 9.17) is 9.16 Å². The van der Waals surface area contributed by atoms with E-state index in [0.717, 1.165) is 23.5 Å². The number of allylic oxidation sites excluding steroid dienone is 2. The molecule has 0 spiro atoms. The molecule has 0 amide bonds. The topological polar surface area (TPSA) is 18.5 Å². The molecule has 2 nitrogen and oxygen atoms in total. The third-order valence-corrected chi connectivity index (χ3v) is 8.39. The van der Waals surface area contributed by atoms with E-state index in [1.54, 1.807) is 12.7 Å². The first-order chi connectivity index (χ1) is 12.8. The first-order valence-electron chi connectivity index (χ1n) is 10.8. The normalized spacial score (nSPS) is 35.0. The van der Waals surface area contributed by atoms with Crippen molar-refractivity contribution in [3.05, 3.63) is 41.2 Å². The van der Waals surface area contributed by atoms with Crippen molar-refractivity contribution >= 4 is 8.32 Å². The zero-order valence-corrected chi connectivity index (χ0v) is 19.0. The van der Waals surface area contributed by atoms with Gasteiger partial charge in [0.25, 0.3) is 0 Å². The molecule has 0 bridgehead atoms. The van der Waals surface area contributed by atoms with Crippen LogP contribution in [0.2, 0.25) is 19.6 Å². The standard InChI is InChI=1S/C24H36O2Si/c1-7-16-14-17-15-18(25-3)8-9-19(17)20-12-13-24(2)21(23(16)20)10-11-22(24)26-27(4,5)6/h8-9,11,15-16,20-21,23H,7,10,12-14H2,1-6H3/t16-,20-,21+,23-,24+/m1/s1. The van der Waals surface area contributed by atoms with Gasteiger partial charge in [-0.15, -0.1) is 0 Å². The number of fused-ring (bicyclic) bond motifs is 5. The highest BCUT2D eigenvalue weighted by atomic mass is 28.4. The highest BCUT2D eigenvalue weighted by molar-refractivity contribution is 6.70. The van der Waals surface area contributed by atoms with Crippen molar-refractivity contribution < 1.29 is 9.16 Å². The average Bonchev–Trinajstić information content (AvgIpc) is 2.95. The van der Waals surface area contributed by atoms with E-state index in [9.17, 15) is 0 Å². The molecule has 1 aromatic carbocycles. The van der Waals surface area contributed by atoms with Crippen molar-refractivity contribution in [3.8, 4) is 5.75 Å². The maximum Gasteiger partial charge on any atom is 0.241 e. The number of hydrogen-bond acceptors (Lipinski definition) is 2. The number of methoxy groups -OCH3 is 1. The summed E-state index contributed by atoms with van der Waals surface area (Å²) in [5.74, 6) is 5.36. The monoisotopic (exact) mass is 384 g/mol. The predicted molar refractivity (Wildman–Crippen MR) is 115 cm³/mol. The van der Waals surface area contributed by atoms with Crippen LogP contribution in [0.15, 0.2) is 30.0 Å². The van der Waals surface area contributed by atoms with Gasteiger partial charge in [-0.25, -0.2) is 0 Å². The quantitative estimate of drug-likeness (QED) is 0.549. The largest absolute Gasteiger partial charge is 0.547 e. The van der Waals surface area contributed by atoms with Crippen LogP contribution < -0.4 is 4.74 Å². The van der Waals surface area contributed by atoms with Gasteiger partial charge in [-0.05, 0) is 98.3 Å². The van der Waals surface area contributed by atoms with Crippen LogP contribution >= 0.6 is 0 Å². The Morgan fingerprint density at radius 1 is 1.22 bits per heavy atom. The zero-order valence-electron chi connectivity index (χ0n) is 18.0. The maximum absolute atomic E-state index is 6.60. The third kappa shape index (κ3) is 3.16. The summed E-state index contributed by atoms with van der Waals surface area (Å²) >= 11 is 0. The lowest BCUT2D eigenvalue weighted by atomic mass is 9.52. The Morgan fingerprint density at radius 3 is 2.67 bits per heavy atom. The fourth-order valence-corrected chi connectivity index (χ4v) is 7.30. The van der Waals surface area contributed by atoms with Gasteiger partial charge in [0.1, 0.15) is 5.75 Å². The van der Waals surface area contributed by atoms with E-state index in [0.29, 0.717) is 5.92 Å². The second kappa shape index (κ2) is 6.68. The summed E-state index contributed by atoms with van der Waals surface area (Å²) in [4.78, 5) is 0. The minimum Gasteiger partial charge on any atom is -0.547 e. The number of rotatable bonds is 4. The zero-order chi connectivity index (χ0) is 19.4. The van der Waals surface area contributed by atoms with Gasteiger partial charge in [0.2, 0.25) is 8.32 Å². The van der Waals surface area contributed by atoms with Crippen molar-refractivity contribution in [1.29, 1.82) is 0 Å². The molecular formula is C24H36O2Si. The SMILES string of the molecule is CC[C@@H]1Cc2cc(OC)ccc2[C@H]2CC[C@]3(C)C(O[Si](C)(C)C)=CC[C@H]3[C@H]12. The van der Waals surface area contributed by atoms with Gasteiger partial charge in [0, 0.05) is 5.41 Å². The van der Waals surface area contributed by atoms with Gasteiger partial charge < -0.3 is 9.16 Å². The van der Waals surface area contributed by atoms with Crippen LogP contribution in [-0.4, -0.2) is 15.4 Å². The Kier molecular flexibility index (Phi) is 4.73. The lowest BCUT2D eigenvalue weighted by molar-refractivity contribution is 0.0188. The second-order valence-electron chi connectivity index (χ2n) is 10.2. The first-order valence-corrected chi connectivity index (χ1v) is 14.2. The van der Waals surface area contributed by atoms with Crippen molar-refractivity contribution in [1.82, 2.24) is 0 Å². The molecule has 0 aromatic heterocycles. The van der Waals surface area contributed by atoms with Crippen molar-refractivity contribution in [2.45, 2.75) is 71.5 Å². The highest BCUT2D eigenvalue weighted by Crippen LogP contribution is 2.63. The summed E-state index contributed by atoms with van der Waals surface area (Å²) in [5.41, 5.74) is 3.39. The van der Waals surface area contributed by atoms with Gasteiger partial charge in [0.05, 0.1) is 12.9 Å². The van der Waals surface area contributed by atoms with E-state index in [-0.39, 0.29) is 5.41 Å². The fraction of sp³-hybridized carbons (Fsp3) is 0.667. The van der Waals surface area contributed by atoms with E-state index in [1.807, 2.05) is 0 Å². The summed E-state index contributed by atoms with van der Waals surface area (Å²) in [6.07, 6.45) is 8.70. The van der Waals surface area contributed by atoms with Gasteiger partial charge >= 0.3 is 0 Å². The van der Waals surface area contributed by atoms with Gasteiger partial charge in [-0.2, -0.15) is 0 Å². The predicted octanol–water partition coefficient (Wildman–Crippen LogP) is 6.53. The Morgan fingerprint density at radius 2 is 2.00 bits per heavy atom. The van der Waals surface area contributed by atoms with Crippen LogP contribution in [0.25, 0.3) is 0 Å². The summed E-state index contributed by atoms with van der Waals surface area (Å²) in [6.45, 7) is 11.8. The molecule has 3 aliphatic rings. The minimum atomic E-state index is -1.56. The third-order valence-electron chi connectivity index (χ3n) is 7.56. The molecule has 27 heavy (non-hydrogen) atoms. The van der Waals surface area contributed by atoms with Crippen molar-refractivity contribution in [2.75, 3.05) is 7.11 Å². The Labute approximate surface area is 166 Å². The lowest BCUT2D eigenvalue weighted by Gasteiger charge is -2.53. The van der Waals surface area contributed by atoms with Crippen LogP contribution in [0, 0.1) is 23.2 Å². The minimum absolute atomic E-state index is 0.249. The van der Waals surface area contributed by atoms with Crippen LogP contribution in [-0.2, 0) is 10.8 Å². The van der Waals surface area contributed by atoms with Crippen molar-refractivity contribution in [2.24, 2.45) is 23.2 Å². The molecule has 0 heterocycles. The molecule has 5 atom stereocenters. The van der Waals surface area contributed by atoms with E-state index in [1.165, 1.54) is 43.4 Å². The first kappa shape index (κ1) is 19.1. The Bertz CT molecular complexity index is 747. The number of hydrogen-bond donors (Lipinski definition) is 0. The molecule has 0 aliphatic heterocycles. The number of ether oxygens (including phenoxy) is 1. The molecule has 1 aromatic rings. The van der Waals surface area contributed by atoms with E-state index < -0.39 is 8.32 Å². The Balaban J connectivity index is 1.68. The van der Waals surface area contributed by atoms with Crippen LogP contribution in [0.1, 0.15) is 56.6 Å². The Hall–Kier alpha value is -1.22. The van der Waals surface area contributed by atoms with Crippen LogP contribution in [0.3, 0.4) is 0 Å². The summed E-state index contributed by atoms with van der Waals surface area (Å²) < 4.78 is 12.1. The molecular weight excluding hydrogens is 348 g/mol. The van der Waals surface area contributed by atoms with E-state index in [2.05, 4.69) is 57.8 Å². The molecule has 3 aliphatic carbocycles. The van der Waals surface area contributed by atoms with Gasteiger partial charge in [0.15, 0.2) is 0 Å². The van der Waals surface area contributed by atoms with Crippen molar-refractivity contribution in [3.63, 3.8) is 0 Å². The highest BCUT2D eigenvalue weighted by Gasteiger charge is 2.55. The molecule has 0 N–H and O–H groups in total. The molecule has 0 unspecified atom stereocenters. The fourth-order valence-electron chi connectivity index (χ4n) is 6.32. The van der Waals surface area contributed by atoms with Crippen LogP contribution in [0.4, 0.5) is 0 Å². The second-order valence-corrected chi connectivity index (χ2v) is 14.6. The average molecular weight is 385 g/mol. The number of benzene rings is 1. The molecule has 0 radical (unpaired) electrons. The summed E-state index contributed by atoms with van der Waals surface area (Å²) in [6, 6.07) is 6.83. The molecule has 1 saturated carbocycles. The molecule has 148 valence electrons. The van der Waals surface area contributed by atoms with Gasteiger partial charge in [-0.3, -0.25) is 0 Å². The van der Waals surface area contributed by atoms with E-state index >= 15 is 0 Å². The maximum atomic E-state index is 6.60. The molecule has 3 heteroatoms. The smallest absolute Gasteiger partial charge is 0.241 e. The summed E-state index contributed by atoms with van der Waals surface area (Å²) in [7, 11) is 0.214. The van der Waals surface area contributed by atoms with Crippen LogP contribution in [0.5, 0.6) is 5.75 Å². The molecule has 1 fully saturated rings. The molecule has 4 rings (SSSR count).